The van der Waals surface area contributed by atoms with Gasteiger partial charge in [-0.2, -0.15) is 0 Å². The molecule has 3 aromatic rings. The van der Waals surface area contributed by atoms with Crippen molar-refractivity contribution in [2.75, 3.05) is 32.1 Å². The molecule has 0 aliphatic carbocycles. The van der Waals surface area contributed by atoms with Gasteiger partial charge in [0.25, 0.3) is 0 Å². The fourth-order valence-electron chi connectivity index (χ4n) is 4.44. The van der Waals surface area contributed by atoms with Crippen LogP contribution < -0.4 is 15.4 Å². The lowest BCUT2D eigenvalue weighted by atomic mass is 10.0. The first kappa shape index (κ1) is 25.4. The fraction of sp³-hybridized carbons (Fsp3) is 0.320. The van der Waals surface area contributed by atoms with E-state index < -0.39 is 0 Å². The van der Waals surface area contributed by atoms with Crippen molar-refractivity contribution >= 4 is 58.4 Å². The van der Waals surface area contributed by atoms with Crippen LogP contribution in [0.2, 0.25) is 0 Å². The summed E-state index contributed by atoms with van der Waals surface area (Å²) in [4.78, 5) is 8.89. The van der Waals surface area contributed by atoms with Gasteiger partial charge in [0, 0.05) is 30.6 Å². The van der Waals surface area contributed by atoms with Crippen molar-refractivity contribution in [2.45, 2.75) is 25.8 Å². The van der Waals surface area contributed by atoms with Gasteiger partial charge >= 0.3 is 0 Å². The molecule has 5 nitrogen and oxygen atoms in total. The number of piperazine rings is 1. The number of nitrogens with one attached hydrogen (secondary N) is 2. The molecule has 0 spiro atoms. The summed E-state index contributed by atoms with van der Waals surface area (Å²) >= 11 is 1.80. The second kappa shape index (κ2) is 11.3. The molecule has 0 amide bonds. The Kier molecular flexibility index (Phi) is 8.65. The van der Waals surface area contributed by atoms with Crippen molar-refractivity contribution in [3.63, 3.8) is 0 Å². The Morgan fingerprint density at radius 3 is 2.76 bits per heavy atom. The van der Waals surface area contributed by atoms with Crippen LogP contribution in [-0.2, 0) is 6.42 Å². The fourth-order valence-corrected chi connectivity index (χ4v) is 5.36. The highest BCUT2D eigenvalue weighted by atomic mass is 35.5. The van der Waals surface area contributed by atoms with Crippen molar-refractivity contribution in [3.05, 3.63) is 70.6 Å². The van der Waals surface area contributed by atoms with E-state index in [4.69, 9.17) is 9.73 Å². The Morgan fingerprint density at radius 1 is 1.12 bits per heavy atom. The maximum atomic E-state index is 5.53. The first-order chi connectivity index (χ1) is 15.2. The summed E-state index contributed by atoms with van der Waals surface area (Å²) in [6.45, 7) is 5.03. The minimum absolute atomic E-state index is 0. The van der Waals surface area contributed by atoms with E-state index in [1.165, 1.54) is 21.0 Å². The van der Waals surface area contributed by atoms with Gasteiger partial charge < -0.3 is 20.3 Å². The number of rotatable bonds is 4. The zero-order chi connectivity index (χ0) is 21.2. The third-order valence-electron chi connectivity index (χ3n) is 5.98. The average Bonchev–Trinajstić information content (AvgIpc) is 3.09. The number of benzene rings is 2. The quantitative estimate of drug-likeness (QED) is 0.460. The molecule has 0 saturated carbocycles. The van der Waals surface area contributed by atoms with Gasteiger partial charge in [0.05, 0.1) is 24.0 Å². The van der Waals surface area contributed by atoms with E-state index in [0.29, 0.717) is 6.04 Å². The van der Waals surface area contributed by atoms with Crippen molar-refractivity contribution in [3.8, 4) is 5.75 Å². The molecule has 0 radical (unpaired) electrons. The lowest BCUT2D eigenvalue weighted by Crippen LogP contribution is -2.52. The minimum Gasteiger partial charge on any atom is -0.496 e. The largest absolute Gasteiger partial charge is 0.496 e. The number of amidine groups is 1. The van der Waals surface area contributed by atoms with Crippen LogP contribution in [-0.4, -0.2) is 43.5 Å². The molecule has 1 atom stereocenters. The smallest absolute Gasteiger partial charge is 0.139 e. The monoisotopic (exact) mass is 504 g/mol. The maximum Gasteiger partial charge on any atom is 0.139 e. The van der Waals surface area contributed by atoms with Crippen molar-refractivity contribution in [2.24, 2.45) is 4.99 Å². The number of anilines is 2. The summed E-state index contributed by atoms with van der Waals surface area (Å²) in [5.41, 5.74) is 4.56. The van der Waals surface area contributed by atoms with E-state index in [-0.39, 0.29) is 24.8 Å². The van der Waals surface area contributed by atoms with Gasteiger partial charge in [-0.3, -0.25) is 0 Å². The van der Waals surface area contributed by atoms with Crippen LogP contribution >= 0.6 is 36.2 Å². The van der Waals surface area contributed by atoms with Crippen LogP contribution in [0.5, 0.6) is 5.75 Å². The van der Waals surface area contributed by atoms with E-state index in [1.807, 2.05) is 12.1 Å². The Morgan fingerprint density at radius 2 is 1.91 bits per heavy atom. The lowest BCUT2D eigenvalue weighted by molar-refractivity contribution is 0.281. The number of methoxy groups -OCH3 is 1. The molecule has 2 N–H and O–H groups in total. The van der Waals surface area contributed by atoms with Gasteiger partial charge in [0.2, 0.25) is 0 Å². The molecule has 176 valence electrons. The normalized spacial score (nSPS) is 16.7. The molecular weight excluding hydrogens is 475 g/mol. The number of hydrogen-bond donors (Lipinski definition) is 2. The van der Waals surface area contributed by atoms with Crippen molar-refractivity contribution in [1.29, 1.82) is 0 Å². The molecule has 2 aromatic carbocycles. The second-order valence-corrected chi connectivity index (χ2v) is 9.38. The zero-order valence-corrected chi connectivity index (χ0v) is 21.3. The van der Waals surface area contributed by atoms with Gasteiger partial charge in [-0.05, 0) is 49.6 Å². The topological polar surface area (TPSA) is 48.9 Å². The summed E-state index contributed by atoms with van der Waals surface area (Å²) in [5.74, 6) is 2.06. The summed E-state index contributed by atoms with van der Waals surface area (Å²) in [7, 11) is 1.75. The van der Waals surface area contributed by atoms with E-state index in [9.17, 15) is 0 Å². The molecule has 2 aliphatic heterocycles. The third-order valence-corrected chi connectivity index (χ3v) is 6.95. The lowest BCUT2D eigenvalue weighted by Gasteiger charge is -2.36. The molecule has 1 fully saturated rings. The van der Waals surface area contributed by atoms with Crippen LogP contribution in [0.3, 0.4) is 0 Å². The summed E-state index contributed by atoms with van der Waals surface area (Å²) in [5, 5.41) is 8.51. The van der Waals surface area contributed by atoms with Gasteiger partial charge in [-0.15, -0.1) is 36.2 Å². The molecule has 1 aromatic heterocycles. The maximum absolute atomic E-state index is 5.53. The Hall–Kier alpha value is -2.25. The number of nitrogens with zero attached hydrogens (tertiary/aromatic N) is 2. The molecule has 1 saturated heterocycles. The van der Waals surface area contributed by atoms with Crippen LogP contribution in [0.25, 0.3) is 0 Å². The van der Waals surface area contributed by atoms with Crippen molar-refractivity contribution < 1.29 is 4.74 Å². The summed E-state index contributed by atoms with van der Waals surface area (Å²) < 4.78 is 5.53. The SMILES string of the molecule is COc1ccccc1CC[C@H]1CN(C2=Nc3ccccc3Nc3sc(C)cc32)CCN1.Cl.Cl. The first-order valence-corrected chi connectivity index (χ1v) is 11.7. The van der Waals surface area contributed by atoms with E-state index in [0.717, 1.165) is 55.4 Å². The number of hydrogen-bond acceptors (Lipinski definition) is 6. The van der Waals surface area contributed by atoms with Crippen LogP contribution in [0.1, 0.15) is 22.4 Å². The molecule has 5 rings (SSSR count). The molecule has 2 aliphatic rings. The number of aliphatic imine (C=N–C) groups is 1. The first-order valence-electron chi connectivity index (χ1n) is 10.9. The van der Waals surface area contributed by atoms with E-state index >= 15 is 0 Å². The zero-order valence-electron chi connectivity index (χ0n) is 18.8. The standard InChI is InChI=1S/C25H28N4OS.2ClH/c1-17-15-20-24(27-21-8-4-5-9-22(21)28-25(20)31-17)29-14-13-26-19(16-29)12-11-18-7-3-6-10-23(18)30-2;;/h3-10,15,19,26,28H,11-14,16H2,1-2H3;2*1H/t19-;;/m0../s1. The Labute approximate surface area is 212 Å². The van der Waals surface area contributed by atoms with Gasteiger partial charge in [0.15, 0.2) is 0 Å². The van der Waals surface area contributed by atoms with Crippen LogP contribution in [0.15, 0.2) is 59.6 Å². The predicted octanol–water partition coefficient (Wildman–Crippen LogP) is 5.95. The minimum atomic E-state index is 0. The highest BCUT2D eigenvalue weighted by Gasteiger charge is 2.27. The van der Waals surface area contributed by atoms with Crippen LogP contribution in [0.4, 0.5) is 16.4 Å². The number of fused-ring (bicyclic) bond motifs is 2. The summed E-state index contributed by atoms with van der Waals surface area (Å²) in [6, 6.07) is 19.3. The molecule has 0 unspecified atom stereocenters. The number of para-hydroxylation sites is 3. The molecule has 3 heterocycles. The van der Waals surface area contributed by atoms with Crippen LogP contribution in [0, 0.1) is 6.92 Å². The molecule has 33 heavy (non-hydrogen) atoms. The van der Waals surface area contributed by atoms with Gasteiger partial charge in [-0.25, -0.2) is 4.99 Å². The number of thiophene rings is 1. The Bertz CT molecular complexity index is 1120. The predicted molar refractivity (Wildman–Crippen MR) is 144 cm³/mol. The van der Waals surface area contributed by atoms with Crippen molar-refractivity contribution in [1.82, 2.24) is 10.2 Å². The highest BCUT2D eigenvalue weighted by molar-refractivity contribution is 7.16. The third kappa shape index (κ3) is 5.46. The van der Waals surface area contributed by atoms with Gasteiger partial charge in [-0.1, -0.05) is 30.3 Å². The summed E-state index contributed by atoms with van der Waals surface area (Å²) in [6.07, 6.45) is 2.06. The van der Waals surface area contributed by atoms with Gasteiger partial charge in [0.1, 0.15) is 16.6 Å². The second-order valence-electron chi connectivity index (χ2n) is 8.12. The molecule has 8 heteroatoms. The molecule has 0 bridgehead atoms. The highest BCUT2D eigenvalue weighted by Crippen LogP contribution is 2.39. The number of aryl methyl sites for hydroxylation is 2. The van der Waals surface area contributed by atoms with E-state index in [1.54, 1.807) is 18.4 Å². The average molecular weight is 506 g/mol. The number of halogens is 2. The molecular formula is C25H30Cl2N4OS. The Balaban J connectivity index is 0.00000153. The number of ether oxygens (including phenoxy) is 1. The van der Waals surface area contributed by atoms with E-state index in [2.05, 4.69) is 64.9 Å².